The van der Waals surface area contributed by atoms with E-state index in [4.69, 9.17) is 9.47 Å². The van der Waals surface area contributed by atoms with E-state index in [0.29, 0.717) is 17.2 Å². The maximum absolute atomic E-state index is 12.0. The second-order valence-corrected chi connectivity index (χ2v) is 5.71. The van der Waals surface area contributed by atoms with Crippen molar-refractivity contribution in [1.29, 1.82) is 0 Å². The summed E-state index contributed by atoms with van der Waals surface area (Å²) in [6.07, 6.45) is 6.97. The highest BCUT2D eigenvalue weighted by molar-refractivity contribution is 6.11. The van der Waals surface area contributed by atoms with Gasteiger partial charge in [-0.1, -0.05) is 11.6 Å². The first-order chi connectivity index (χ1) is 12.0. The fourth-order valence-electron chi connectivity index (χ4n) is 2.64. The summed E-state index contributed by atoms with van der Waals surface area (Å²) in [5, 5.41) is 2.78. The van der Waals surface area contributed by atoms with E-state index < -0.39 is 5.91 Å². The Hall–Kier alpha value is -3.15. The Bertz CT molecular complexity index is 816. The standard InChI is InChI=1S/C19H18N2O4/c1-12-9-18(22)21-17-10-13(3-8-16(12)17)20-19(23)11-25-15-6-4-14(24-2)5-7-15/h3-10,16H,11H2,1-2H3,(H,21,22). The highest BCUT2D eigenvalue weighted by Crippen LogP contribution is 2.26. The molecular weight excluding hydrogens is 320 g/mol. The summed E-state index contributed by atoms with van der Waals surface area (Å²) in [5.41, 5.74) is 2.18. The van der Waals surface area contributed by atoms with Crippen molar-refractivity contribution in [3.63, 3.8) is 0 Å². The second kappa shape index (κ2) is 7.17. The summed E-state index contributed by atoms with van der Waals surface area (Å²) in [7, 11) is 1.58. The number of amides is 2. The van der Waals surface area contributed by atoms with E-state index >= 15 is 0 Å². The van der Waals surface area contributed by atoms with E-state index in [2.05, 4.69) is 10.3 Å². The number of allylic oxidation sites excluding steroid dienone is 3. The molecule has 1 unspecified atom stereocenters. The molecule has 25 heavy (non-hydrogen) atoms. The number of ether oxygens (including phenoxy) is 2. The quantitative estimate of drug-likeness (QED) is 0.913. The van der Waals surface area contributed by atoms with Gasteiger partial charge in [-0.05, 0) is 43.3 Å². The summed E-state index contributed by atoms with van der Waals surface area (Å²) < 4.78 is 10.5. The maximum Gasteiger partial charge on any atom is 0.284 e. The van der Waals surface area contributed by atoms with E-state index in [9.17, 15) is 9.59 Å². The molecule has 1 aromatic rings. The van der Waals surface area contributed by atoms with Crippen LogP contribution in [0.4, 0.5) is 0 Å². The first kappa shape index (κ1) is 16.7. The van der Waals surface area contributed by atoms with Crippen molar-refractivity contribution >= 4 is 17.5 Å². The van der Waals surface area contributed by atoms with E-state index in [0.717, 1.165) is 11.3 Å². The number of hydrogen-bond donors (Lipinski definition) is 1. The average Bonchev–Trinajstić information content (AvgIpc) is 2.60. The second-order valence-electron chi connectivity index (χ2n) is 5.71. The van der Waals surface area contributed by atoms with Gasteiger partial charge in [0.15, 0.2) is 6.61 Å². The predicted octanol–water partition coefficient (Wildman–Crippen LogP) is 2.19. The highest BCUT2D eigenvalue weighted by Gasteiger charge is 2.23. The zero-order chi connectivity index (χ0) is 17.8. The molecule has 0 fully saturated rings. The van der Waals surface area contributed by atoms with Crippen molar-refractivity contribution < 1.29 is 19.1 Å². The Labute approximate surface area is 145 Å². The van der Waals surface area contributed by atoms with Gasteiger partial charge in [-0.2, -0.15) is 0 Å². The molecule has 6 nitrogen and oxygen atoms in total. The SMILES string of the molecule is COc1ccc(OCC(=O)N=C2C=CC3C(C)=CC(=O)NC3=C2)cc1. The van der Waals surface area contributed by atoms with Crippen molar-refractivity contribution in [1.82, 2.24) is 5.32 Å². The van der Waals surface area contributed by atoms with E-state index in [1.165, 1.54) is 0 Å². The molecule has 1 heterocycles. The zero-order valence-corrected chi connectivity index (χ0v) is 14.0. The number of aliphatic imine (C=N–C) groups is 1. The molecule has 1 aliphatic heterocycles. The van der Waals surface area contributed by atoms with Gasteiger partial charge in [0.1, 0.15) is 11.5 Å². The van der Waals surface area contributed by atoms with E-state index in [1.54, 1.807) is 49.6 Å². The molecule has 3 rings (SSSR count). The topological polar surface area (TPSA) is 77.0 Å². The van der Waals surface area contributed by atoms with Gasteiger partial charge >= 0.3 is 0 Å². The lowest BCUT2D eigenvalue weighted by molar-refractivity contribution is -0.119. The molecule has 128 valence electrons. The van der Waals surface area contributed by atoms with Gasteiger partial charge in [0.2, 0.25) is 5.91 Å². The Morgan fingerprint density at radius 3 is 2.64 bits per heavy atom. The molecule has 0 bridgehead atoms. The minimum absolute atomic E-state index is 0.0299. The molecule has 0 saturated heterocycles. The number of hydrogen-bond acceptors (Lipinski definition) is 4. The number of benzene rings is 1. The van der Waals surface area contributed by atoms with Crippen molar-refractivity contribution in [3.05, 3.63) is 59.8 Å². The Morgan fingerprint density at radius 1 is 1.20 bits per heavy atom. The van der Waals surface area contributed by atoms with Gasteiger partial charge < -0.3 is 14.8 Å². The summed E-state index contributed by atoms with van der Waals surface area (Å²) in [4.78, 5) is 27.6. The first-order valence-electron chi connectivity index (χ1n) is 7.82. The van der Waals surface area contributed by atoms with Crippen LogP contribution in [0.1, 0.15) is 6.92 Å². The monoisotopic (exact) mass is 338 g/mol. The molecular formula is C19H18N2O4. The van der Waals surface area contributed by atoms with E-state index in [-0.39, 0.29) is 18.4 Å². The van der Waals surface area contributed by atoms with Crippen LogP contribution in [-0.4, -0.2) is 31.2 Å². The molecule has 0 aromatic heterocycles. The third-order valence-corrected chi connectivity index (χ3v) is 3.89. The Morgan fingerprint density at radius 2 is 1.92 bits per heavy atom. The predicted molar refractivity (Wildman–Crippen MR) is 93.5 cm³/mol. The maximum atomic E-state index is 12.0. The average molecular weight is 338 g/mol. The van der Waals surface area contributed by atoms with Gasteiger partial charge in [0.05, 0.1) is 12.8 Å². The number of carbonyl (C=O) groups is 2. The normalized spacial score (nSPS) is 20.3. The van der Waals surface area contributed by atoms with Crippen LogP contribution in [0.5, 0.6) is 11.5 Å². The van der Waals surface area contributed by atoms with E-state index in [1.807, 2.05) is 13.0 Å². The van der Waals surface area contributed by atoms with Crippen LogP contribution in [0.25, 0.3) is 0 Å². The van der Waals surface area contributed by atoms with Crippen LogP contribution in [0.3, 0.4) is 0 Å². The molecule has 1 N–H and O–H groups in total. The molecule has 6 heteroatoms. The lowest BCUT2D eigenvalue weighted by atomic mass is 9.89. The van der Waals surface area contributed by atoms with Gasteiger partial charge in [-0.3, -0.25) is 9.59 Å². The van der Waals surface area contributed by atoms with Crippen LogP contribution in [0.2, 0.25) is 0 Å². The van der Waals surface area contributed by atoms with Gasteiger partial charge in [0, 0.05) is 17.7 Å². The smallest absolute Gasteiger partial charge is 0.284 e. The summed E-state index contributed by atoms with van der Waals surface area (Å²) in [6.45, 7) is 1.74. The number of rotatable bonds is 4. The van der Waals surface area contributed by atoms with Crippen LogP contribution >= 0.6 is 0 Å². The summed E-state index contributed by atoms with van der Waals surface area (Å²) in [6, 6.07) is 6.95. The molecule has 0 saturated carbocycles. The number of carbonyl (C=O) groups excluding carboxylic acids is 2. The summed E-state index contributed by atoms with van der Waals surface area (Å²) in [5.74, 6) is 0.741. The van der Waals surface area contributed by atoms with Crippen LogP contribution in [0, 0.1) is 5.92 Å². The molecule has 1 aliphatic carbocycles. The van der Waals surface area contributed by atoms with Crippen molar-refractivity contribution in [2.75, 3.05) is 13.7 Å². The lowest BCUT2D eigenvalue weighted by Crippen LogP contribution is -2.32. The number of nitrogens with one attached hydrogen (secondary N) is 1. The lowest BCUT2D eigenvalue weighted by Gasteiger charge is -2.25. The molecule has 0 spiro atoms. The fraction of sp³-hybridized carbons (Fsp3) is 0.211. The molecule has 0 radical (unpaired) electrons. The minimum atomic E-state index is -0.403. The zero-order valence-electron chi connectivity index (χ0n) is 14.0. The van der Waals surface area contributed by atoms with Gasteiger partial charge in [-0.15, -0.1) is 0 Å². The van der Waals surface area contributed by atoms with Gasteiger partial charge in [0.25, 0.3) is 5.91 Å². The van der Waals surface area contributed by atoms with Crippen molar-refractivity contribution in [2.24, 2.45) is 10.9 Å². The Kier molecular flexibility index (Phi) is 4.79. The van der Waals surface area contributed by atoms with Crippen LogP contribution in [0.15, 0.2) is 64.8 Å². The number of fused-ring (bicyclic) bond motifs is 1. The van der Waals surface area contributed by atoms with Crippen LogP contribution in [-0.2, 0) is 9.59 Å². The number of methoxy groups -OCH3 is 1. The fourth-order valence-corrected chi connectivity index (χ4v) is 2.64. The van der Waals surface area contributed by atoms with Gasteiger partial charge in [-0.25, -0.2) is 4.99 Å². The molecule has 1 aromatic carbocycles. The Balaban J connectivity index is 1.63. The first-order valence-corrected chi connectivity index (χ1v) is 7.82. The van der Waals surface area contributed by atoms with Crippen LogP contribution < -0.4 is 14.8 Å². The highest BCUT2D eigenvalue weighted by atomic mass is 16.5. The summed E-state index contributed by atoms with van der Waals surface area (Å²) >= 11 is 0. The minimum Gasteiger partial charge on any atom is -0.497 e. The molecule has 2 aliphatic rings. The largest absolute Gasteiger partial charge is 0.497 e. The van der Waals surface area contributed by atoms with Crippen molar-refractivity contribution in [3.8, 4) is 11.5 Å². The third kappa shape index (κ3) is 4.03. The molecule has 1 atom stereocenters. The number of nitrogens with zero attached hydrogens (tertiary/aromatic N) is 1. The molecule has 2 amide bonds. The third-order valence-electron chi connectivity index (χ3n) is 3.89. The van der Waals surface area contributed by atoms with Crippen molar-refractivity contribution in [2.45, 2.75) is 6.92 Å².